The highest BCUT2D eigenvalue weighted by atomic mass is 32.2. The van der Waals surface area contributed by atoms with Crippen LogP contribution < -0.4 is 10.2 Å². The molecular formula is C32H34N4O5S. The van der Waals surface area contributed by atoms with Gasteiger partial charge in [0, 0.05) is 18.2 Å². The molecular weight excluding hydrogens is 552 g/mol. The zero-order valence-corrected chi connectivity index (χ0v) is 24.2. The molecule has 1 fully saturated rings. The highest BCUT2D eigenvalue weighted by molar-refractivity contribution is 7.88. The Bertz CT molecular complexity index is 1590. The molecule has 0 bridgehead atoms. The molecule has 0 spiro atoms. The van der Waals surface area contributed by atoms with Crippen LogP contribution in [0.25, 0.3) is 0 Å². The zero-order chi connectivity index (χ0) is 29.7. The smallest absolute Gasteiger partial charge is 0.254 e. The summed E-state index contributed by atoms with van der Waals surface area (Å²) in [5, 5.41) is 9.68. The Morgan fingerprint density at radius 3 is 2.52 bits per heavy atom. The molecule has 1 aliphatic heterocycles. The van der Waals surface area contributed by atoms with E-state index in [2.05, 4.69) is 16.3 Å². The van der Waals surface area contributed by atoms with Crippen LogP contribution in [-0.4, -0.2) is 44.0 Å². The van der Waals surface area contributed by atoms with Crippen LogP contribution in [0, 0.1) is 17.2 Å². The first kappa shape index (κ1) is 29.5. The average molecular weight is 587 g/mol. The van der Waals surface area contributed by atoms with Crippen LogP contribution in [0.1, 0.15) is 70.3 Å². The van der Waals surface area contributed by atoms with Gasteiger partial charge in [0.2, 0.25) is 10.0 Å². The standard InChI is InChI=1S/C32H34N4O5S/c1-42(39,40)34-20-25-13-5-8-17-28(25)36-30(24-14-9-12-23(18-24)19-33)29(26-15-6-7-16-27(26)32(36)38)31(37)35-41-21-22-10-3-2-4-11-22/h2-4,6-7,9-12,14-16,18,25,28-30,34H,5,8,13,17,20-21H2,1H3,(H,35,37)/t25-,28+,29-,30+/m1/s1. The Kier molecular flexibility index (Phi) is 9.02. The van der Waals surface area contributed by atoms with Gasteiger partial charge in [-0.3, -0.25) is 14.4 Å². The first-order chi connectivity index (χ1) is 20.3. The van der Waals surface area contributed by atoms with E-state index in [9.17, 15) is 23.3 Å². The minimum Gasteiger partial charge on any atom is -0.327 e. The lowest BCUT2D eigenvalue weighted by Gasteiger charge is -2.49. The lowest BCUT2D eigenvalue weighted by molar-refractivity contribution is -0.138. The summed E-state index contributed by atoms with van der Waals surface area (Å²) in [6.45, 7) is 0.358. The van der Waals surface area contributed by atoms with Crippen LogP contribution in [0.3, 0.4) is 0 Å². The third-order valence-electron chi connectivity index (χ3n) is 8.10. The van der Waals surface area contributed by atoms with Gasteiger partial charge in [-0.05, 0) is 53.6 Å². The summed E-state index contributed by atoms with van der Waals surface area (Å²) in [5.74, 6) is -1.62. The normalized spacial score (nSPS) is 22.2. The van der Waals surface area contributed by atoms with Gasteiger partial charge in [-0.2, -0.15) is 5.26 Å². The fourth-order valence-electron chi connectivity index (χ4n) is 6.22. The molecule has 0 unspecified atom stereocenters. The van der Waals surface area contributed by atoms with E-state index in [1.54, 1.807) is 47.4 Å². The maximum atomic E-state index is 14.3. The van der Waals surface area contributed by atoms with Crippen LogP contribution in [0.5, 0.6) is 0 Å². The van der Waals surface area contributed by atoms with E-state index in [-0.39, 0.29) is 31.0 Å². The van der Waals surface area contributed by atoms with E-state index in [0.29, 0.717) is 28.7 Å². The Labute approximate surface area is 246 Å². The summed E-state index contributed by atoms with van der Waals surface area (Å²) >= 11 is 0. The Hall–Kier alpha value is -4.04. The molecule has 9 nitrogen and oxygen atoms in total. The number of hydrogen-bond acceptors (Lipinski definition) is 6. The van der Waals surface area contributed by atoms with E-state index >= 15 is 0 Å². The Balaban J connectivity index is 1.57. The van der Waals surface area contributed by atoms with Crippen molar-refractivity contribution in [1.29, 1.82) is 5.26 Å². The summed E-state index contributed by atoms with van der Waals surface area (Å²) in [4.78, 5) is 35.8. The number of nitriles is 1. The van der Waals surface area contributed by atoms with Crippen molar-refractivity contribution in [3.8, 4) is 6.07 Å². The van der Waals surface area contributed by atoms with Gasteiger partial charge in [0.1, 0.15) is 0 Å². The van der Waals surface area contributed by atoms with Crippen molar-refractivity contribution in [2.24, 2.45) is 5.92 Å². The lowest BCUT2D eigenvalue weighted by atomic mass is 9.75. The van der Waals surface area contributed by atoms with E-state index in [1.165, 1.54) is 0 Å². The number of hydroxylamine groups is 1. The second-order valence-electron chi connectivity index (χ2n) is 10.9. The largest absolute Gasteiger partial charge is 0.327 e. The SMILES string of the molecule is CS(=O)(=O)NC[C@H]1CCCC[C@@H]1N1C(=O)c2ccccc2[C@@H](C(=O)NOCc2ccccc2)[C@@H]1c1cccc(C#N)c1. The van der Waals surface area contributed by atoms with Crippen LogP contribution >= 0.6 is 0 Å². The van der Waals surface area contributed by atoms with Crippen molar-refractivity contribution in [1.82, 2.24) is 15.1 Å². The number of benzene rings is 3. The third-order valence-corrected chi connectivity index (χ3v) is 8.80. The molecule has 42 heavy (non-hydrogen) atoms. The van der Waals surface area contributed by atoms with Gasteiger partial charge in [0.15, 0.2) is 0 Å². The minimum absolute atomic E-state index is 0.151. The molecule has 5 rings (SSSR count). The van der Waals surface area contributed by atoms with Gasteiger partial charge in [-0.1, -0.05) is 73.5 Å². The maximum Gasteiger partial charge on any atom is 0.254 e. The number of fused-ring (bicyclic) bond motifs is 1. The first-order valence-corrected chi connectivity index (χ1v) is 16.0. The molecule has 1 aliphatic carbocycles. The molecule has 3 aromatic rings. The number of carbonyl (C=O) groups is 2. The second-order valence-corrected chi connectivity index (χ2v) is 12.8. The molecule has 0 radical (unpaired) electrons. The van der Waals surface area contributed by atoms with E-state index in [4.69, 9.17) is 4.84 Å². The summed E-state index contributed by atoms with van der Waals surface area (Å²) in [6.07, 6.45) is 4.31. The summed E-state index contributed by atoms with van der Waals surface area (Å²) in [5.41, 5.74) is 5.59. The number of sulfonamides is 1. The molecule has 4 atom stereocenters. The summed E-state index contributed by atoms with van der Waals surface area (Å²) in [7, 11) is -3.44. The molecule has 218 valence electrons. The van der Waals surface area contributed by atoms with Crippen molar-refractivity contribution in [3.63, 3.8) is 0 Å². The highest BCUT2D eigenvalue weighted by Crippen LogP contribution is 2.46. The topological polar surface area (TPSA) is 129 Å². The highest BCUT2D eigenvalue weighted by Gasteiger charge is 2.48. The molecule has 1 saturated carbocycles. The molecule has 3 aromatic carbocycles. The molecule has 2 N–H and O–H groups in total. The number of rotatable bonds is 9. The number of carbonyl (C=O) groups excluding carboxylic acids is 2. The second kappa shape index (κ2) is 12.9. The fraction of sp³-hybridized carbons (Fsp3) is 0.344. The molecule has 0 aromatic heterocycles. The molecule has 1 heterocycles. The number of amides is 2. The van der Waals surface area contributed by atoms with Crippen LogP contribution in [0.15, 0.2) is 78.9 Å². The van der Waals surface area contributed by atoms with Crippen molar-refractivity contribution >= 4 is 21.8 Å². The predicted octanol–water partition coefficient (Wildman–Crippen LogP) is 4.19. The number of hydrogen-bond donors (Lipinski definition) is 2. The molecule has 2 amide bonds. The fourth-order valence-corrected chi connectivity index (χ4v) is 6.74. The van der Waals surface area contributed by atoms with Gasteiger partial charge in [-0.25, -0.2) is 18.6 Å². The third kappa shape index (κ3) is 6.54. The monoisotopic (exact) mass is 586 g/mol. The van der Waals surface area contributed by atoms with Crippen molar-refractivity contribution in [2.45, 2.75) is 50.3 Å². The minimum atomic E-state index is -3.44. The summed E-state index contributed by atoms with van der Waals surface area (Å²) in [6, 6.07) is 24.6. The van der Waals surface area contributed by atoms with E-state index < -0.39 is 27.9 Å². The molecule has 0 saturated heterocycles. The number of nitrogens with zero attached hydrogens (tertiary/aromatic N) is 2. The van der Waals surface area contributed by atoms with Crippen molar-refractivity contribution in [3.05, 3.63) is 107 Å². The van der Waals surface area contributed by atoms with Gasteiger partial charge < -0.3 is 4.90 Å². The Morgan fingerprint density at radius 1 is 1.02 bits per heavy atom. The zero-order valence-electron chi connectivity index (χ0n) is 23.4. The predicted molar refractivity (Wildman–Crippen MR) is 157 cm³/mol. The van der Waals surface area contributed by atoms with Crippen LogP contribution in [0.2, 0.25) is 0 Å². The van der Waals surface area contributed by atoms with Crippen molar-refractivity contribution < 1.29 is 22.8 Å². The van der Waals surface area contributed by atoms with E-state index in [1.807, 2.05) is 36.4 Å². The van der Waals surface area contributed by atoms with Crippen LogP contribution in [-0.2, 0) is 26.3 Å². The number of nitrogens with one attached hydrogen (secondary N) is 2. The molecule has 2 aliphatic rings. The maximum absolute atomic E-state index is 14.3. The lowest BCUT2D eigenvalue weighted by Crippen LogP contribution is -2.55. The average Bonchev–Trinajstić information content (AvgIpc) is 3.00. The van der Waals surface area contributed by atoms with Crippen molar-refractivity contribution in [2.75, 3.05) is 12.8 Å². The van der Waals surface area contributed by atoms with Gasteiger partial charge in [-0.15, -0.1) is 0 Å². The van der Waals surface area contributed by atoms with Gasteiger partial charge in [0.25, 0.3) is 11.8 Å². The van der Waals surface area contributed by atoms with Gasteiger partial charge >= 0.3 is 0 Å². The first-order valence-electron chi connectivity index (χ1n) is 14.1. The van der Waals surface area contributed by atoms with Crippen LogP contribution in [0.4, 0.5) is 0 Å². The Morgan fingerprint density at radius 2 is 1.76 bits per heavy atom. The summed E-state index contributed by atoms with van der Waals surface area (Å²) < 4.78 is 26.6. The molecule has 10 heteroatoms. The van der Waals surface area contributed by atoms with E-state index in [0.717, 1.165) is 31.1 Å². The van der Waals surface area contributed by atoms with Gasteiger partial charge in [0.05, 0.1) is 36.5 Å². The quantitative estimate of drug-likeness (QED) is 0.362.